The number of nitrogens with one attached hydrogen (secondary N) is 2. The molecule has 0 radical (unpaired) electrons. The van der Waals surface area contributed by atoms with Gasteiger partial charge in [0, 0.05) is 85.6 Å². The molecule has 7 heteroatoms. The number of fused-ring (bicyclic) bond motifs is 1. The van der Waals surface area contributed by atoms with Crippen LogP contribution in [0.15, 0.2) is 84.7 Å². The molecule has 0 atom stereocenters. The van der Waals surface area contributed by atoms with Gasteiger partial charge in [0.05, 0.1) is 5.56 Å². The van der Waals surface area contributed by atoms with E-state index >= 15 is 0 Å². The van der Waals surface area contributed by atoms with Gasteiger partial charge in [0.2, 0.25) is 0 Å². The lowest BCUT2D eigenvalue weighted by Crippen LogP contribution is -2.46. The van der Waals surface area contributed by atoms with Gasteiger partial charge in [-0.15, -0.1) is 5.73 Å². The first kappa shape index (κ1) is 27.3. The number of benzene rings is 1. The van der Waals surface area contributed by atoms with E-state index in [-0.39, 0.29) is 5.91 Å². The third kappa shape index (κ3) is 6.71. The van der Waals surface area contributed by atoms with Crippen LogP contribution in [0.3, 0.4) is 0 Å². The van der Waals surface area contributed by atoms with Crippen LogP contribution in [0.4, 0.5) is 0 Å². The molecule has 4 heterocycles. The van der Waals surface area contributed by atoms with E-state index in [4.69, 9.17) is 0 Å². The molecule has 2 fully saturated rings. The Morgan fingerprint density at radius 2 is 1.76 bits per heavy atom. The standard InChI is InChI=1S/C34H40N6O/c41-34(36-14-8-17-38-15-6-7-16-38)29-23-28(24-35-25-29)31-10-2-1-3-12-33(31)40-21-19-39(20-22-40)18-13-27-26-37-32-11-5-4-9-30(27)32/h2-5,9-12,23-26,37H,6-8,13-22H2,(H,36,41). The van der Waals surface area contributed by atoms with Crippen molar-refractivity contribution in [3.8, 4) is 0 Å². The monoisotopic (exact) mass is 548 g/mol. The first-order valence-corrected chi connectivity index (χ1v) is 15.1. The Morgan fingerprint density at radius 1 is 0.951 bits per heavy atom. The average Bonchev–Trinajstić information content (AvgIpc) is 3.62. The van der Waals surface area contributed by atoms with E-state index in [0.29, 0.717) is 12.1 Å². The molecule has 212 valence electrons. The molecule has 1 amide bonds. The Hall–Kier alpha value is -3.90. The van der Waals surface area contributed by atoms with Crippen molar-refractivity contribution in [2.45, 2.75) is 25.7 Å². The molecule has 3 aliphatic rings. The smallest absolute Gasteiger partial charge is 0.252 e. The third-order valence-electron chi connectivity index (χ3n) is 8.49. The Balaban J connectivity index is 1.05. The first-order chi connectivity index (χ1) is 20.2. The summed E-state index contributed by atoms with van der Waals surface area (Å²) in [6.45, 7) is 9.11. The maximum atomic E-state index is 12.9. The molecule has 3 aromatic rings. The summed E-state index contributed by atoms with van der Waals surface area (Å²) in [4.78, 5) is 28.3. The number of amides is 1. The lowest BCUT2D eigenvalue weighted by molar-refractivity contribution is 0.0951. The molecule has 0 spiro atoms. The van der Waals surface area contributed by atoms with Gasteiger partial charge in [-0.1, -0.05) is 18.2 Å². The van der Waals surface area contributed by atoms with Gasteiger partial charge < -0.3 is 20.1 Å². The number of piperazine rings is 1. The average molecular weight is 549 g/mol. The van der Waals surface area contributed by atoms with Gasteiger partial charge in [-0.05, 0) is 87.3 Å². The molecule has 41 heavy (non-hydrogen) atoms. The highest BCUT2D eigenvalue weighted by atomic mass is 16.1. The zero-order valence-corrected chi connectivity index (χ0v) is 23.8. The zero-order chi connectivity index (χ0) is 27.9. The van der Waals surface area contributed by atoms with Gasteiger partial charge in [-0.2, -0.15) is 0 Å². The Morgan fingerprint density at radius 3 is 2.63 bits per heavy atom. The number of H-pyrrole nitrogens is 1. The van der Waals surface area contributed by atoms with Crippen LogP contribution in [0, 0.1) is 0 Å². The number of rotatable bonds is 10. The molecule has 2 aromatic heterocycles. The van der Waals surface area contributed by atoms with Crippen molar-refractivity contribution >= 4 is 22.4 Å². The van der Waals surface area contributed by atoms with Crippen LogP contribution in [0.25, 0.3) is 16.5 Å². The Bertz CT molecular complexity index is 1480. The van der Waals surface area contributed by atoms with E-state index in [1.54, 1.807) is 6.20 Å². The van der Waals surface area contributed by atoms with Crippen molar-refractivity contribution in [1.82, 2.24) is 30.0 Å². The highest BCUT2D eigenvalue weighted by Gasteiger charge is 2.22. The van der Waals surface area contributed by atoms with Gasteiger partial charge in [0.15, 0.2) is 0 Å². The summed E-state index contributed by atoms with van der Waals surface area (Å²) >= 11 is 0. The molecule has 2 aliphatic heterocycles. The molecule has 0 saturated carbocycles. The number of carbonyl (C=O) groups is 1. The van der Waals surface area contributed by atoms with Gasteiger partial charge in [-0.25, -0.2) is 0 Å². The summed E-state index contributed by atoms with van der Waals surface area (Å²) in [7, 11) is 0. The van der Waals surface area contributed by atoms with E-state index in [1.807, 2.05) is 24.4 Å². The van der Waals surface area contributed by atoms with Gasteiger partial charge in [0.1, 0.15) is 0 Å². The number of allylic oxidation sites excluding steroid dienone is 4. The van der Waals surface area contributed by atoms with Crippen LogP contribution < -0.4 is 5.32 Å². The normalized spacial score (nSPS) is 18.0. The van der Waals surface area contributed by atoms with Gasteiger partial charge >= 0.3 is 0 Å². The minimum atomic E-state index is -0.0574. The molecule has 2 N–H and O–H groups in total. The Kier molecular flexibility index (Phi) is 8.77. The zero-order valence-electron chi connectivity index (χ0n) is 23.8. The second-order valence-corrected chi connectivity index (χ2v) is 11.2. The quantitative estimate of drug-likeness (QED) is 0.286. The second-order valence-electron chi connectivity index (χ2n) is 11.2. The highest BCUT2D eigenvalue weighted by molar-refractivity contribution is 5.95. The van der Waals surface area contributed by atoms with Crippen LogP contribution >= 0.6 is 0 Å². The SMILES string of the molecule is O=C(NCCCN1CCCC1)c1cncc(C2=CC=C=CC=C2N2CCN(CCc3c[nH]c4ccccc34)CC2)c1. The molecule has 0 bridgehead atoms. The fraction of sp³-hybridized carbons (Fsp3) is 0.382. The van der Waals surface area contributed by atoms with Crippen molar-refractivity contribution in [2.75, 3.05) is 58.9 Å². The molecule has 2 saturated heterocycles. The van der Waals surface area contributed by atoms with Crippen LogP contribution in [0.1, 0.15) is 40.7 Å². The maximum absolute atomic E-state index is 12.9. The van der Waals surface area contributed by atoms with Crippen molar-refractivity contribution in [3.63, 3.8) is 0 Å². The largest absolute Gasteiger partial charge is 0.368 e. The van der Waals surface area contributed by atoms with Crippen molar-refractivity contribution in [1.29, 1.82) is 0 Å². The van der Waals surface area contributed by atoms with Crippen molar-refractivity contribution in [2.24, 2.45) is 0 Å². The number of aromatic nitrogens is 2. The number of carbonyl (C=O) groups excluding carboxylic acids is 1. The van der Waals surface area contributed by atoms with Gasteiger partial charge in [-0.3, -0.25) is 14.7 Å². The van der Waals surface area contributed by atoms with Crippen LogP contribution in [0.2, 0.25) is 0 Å². The summed E-state index contributed by atoms with van der Waals surface area (Å²) in [5, 5.41) is 4.42. The molecule has 7 nitrogen and oxygen atoms in total. The number of para-hydroxylation sites is 1. The van der Waals surface area contributed by atoms with E-state index in [0.717, 1.165) is 68.9 Å². The number of nitrogens with zero attached hydrogens (tertiary/aromatic N) is 4. The predicted molar refractivity (Wildman–Crippen MR) is 166 cm³/mol. The summed E-state index contributed by atoms with van der Waals surface area (Å²) in [5.41, 5.74) is 9.62. The minimum absolute atomic E-state index is 0.0574. The van der Waals surface area contributed by atoms with Gasteiger partial charge in [0.25, 0.3) is 5.91 Å². The van der Waals surface area contributed by atoms with E-state index < -0.39 is 0 Å². The van der Waals surface area contributed by atoms with Crippen molar-refractivity contribution < 1.29 is 4.79 Å². The van der Waals surface area contributed by atoms with E-state index in [1.165, 1.54) is 42.4 Å². The molecular formula is C34H40N6O. The summed E-state index contributed by atoms with van der Waals surface area (Å²) in [6, 6.07) is 10.5. The third-order valence-corrected chi connectivity index (χ3v) is 8.49. The predicted octanol–water partition coefficient (Wildman–Crippen LogP) is 4.63. The molecule has 0 unspecified atom stereocenters. The second kappa shape index (κ2) is 13.2. The summed E-state index contributed by atoms with van der Waals surface area (Å²) < 4.78 is 0. The molecule has 6 rings (SSSR count). The van der Waals surface area contributed by atoms with E-state index in [9.17, 15) is 4.79 Å². The fourth-order valence-corrected chi connectivity index (χ4v) is 6.16. The van der Waals surface area contributed by atoms with Crippen LogP contribution in [0.5, 0.6) is 0 Å². The number of hydrogen-bond donors (Lipinski definition) is 2. The number of likely N-dealkylation sites (tertiary alicyclic amines) is 1. The minimum Gasteiger partial charge on any atom is -0.368 e. The fourth-order valence-electron chi connectivity index (χ4n) is 6.16. The summed E-state index contributed by atoms with van der Waals surface area (Å²) in [6.07, 6.45) is 18.5. The number of aromatic amines is 1. The maximum Gasteiger partial charge on any atom is 0.252 e. The first-order valence-electron chi connectivity index (χ1n) is 15.1. The summed E-state index contributed by atoms with van der Waals surface area (Å²) in [5.74, 6) is -0.0574. The van der Waals surface area contributed by atoms with E-state index in [2.05, 4.69) is 78.3 Å². The molecular weight excluding hydrogens is 508 g/mol. The topological polar surface area (TPSA) is 67.5 Å². The lowest BCUT2D eigenvalue weighted by Gasteiger charge is -2.38. The number of hydrogen-bond acceptors (Lipinski definition) is 5. The van der Waals surface area contributed by atoms with Crippen molar-refractivity contribution in [3.05, 3.63) is 101 Å². The van der Waals surface area contributed by atoms with Crippen LogP contribution in [-0.2, 0) is 6.42 Å². The highest BCUT2D eigenvalue weighted by Crippen LogP contribution is 2.29. The number of pyridine rings is 1. The molecule has 1 aromatic carbocycles. The molecule has 1 aliphatic carbocycles. The Labute approximate surface area is 242 Å². The lowest BCUT2D eigenvalue weighted by atomic mass is 10.0. The van der Waals surface area contributed by atoms with Crippen LogP contribution in [-0.4, -0.2) is 89.5 Å².